The zero-order chi connectivity index (χ0) is 19.9. The molecule has 27 heavy (non-hydrogen) atoms. The van der Waals surface area contributed by atoms with Crippen LogP contribution in [0.4, 0.5) is 0 Å². The largest absolute Gasteiger partial charge is 0.493 e. The first kappa shape index (κ1) is 22.5. The van der Waals surface area contributed by atoms with Gasteiger partial charge in [0.2, 0.25) is 0 Å². The maximum atomic E-state index is 11.3. The van der Waals surface area contributed by atoms with Gasteiger partial charge >= 0.3 is 11.9 Å². The number of esters is 2. The van der Waals surface area contributed by atoms with Crippen molar-refractivity contribution in [3.05, 3.63) is 29.8 Å². The average Bonchev–Trinajstić information content (AvgIpc) is 2.69. The Kier molecular flexibility index (Phi) is 11.4. The van der Waals surface area contributed by atoms with E-state index in [4.69, 9.17) is 14.6 Å². The molecule has 0 spiro atoms. The van der Waals surface area contributed by atoms with Gasteiger partial charge in [-0.15, -0.1) is 0 Å². The van der Waals surface area contributed by atoms with Crippen LogP contribution < -0.4 is 9.47 Å². The minimum Gasteiger partial charge on any atom is -0.493 e. The molecular weight excluding hydrogens is 352 g/mol. The lowest BCUT2D eigenvalue weighted by atomic mass is 10.1. The smallest absolute Gasteiger partial charge is 0.330 e. The first-order valence-corrected chi connectivity index (χ1v) is 8.94. The third-order valence-electron chi connectivity index (χ3n) is 3.67. The van der Waals surface area contributed by atoms with Gasteiger partial charge < -0.3 is 24.1 Å². The van der Waals surface area contributed by atoms with E-state index < -0.39 is 5.97 Å². The second-order valence-corrected chi connectivity index (χ2v) is 5.72. The lowest BCUT2D eigenvalue weighted by Gasteiger charge is -2.12. The van der Waals surface area contributed by atoms with E-state index in [1.807, 2.05) is 0 Å². The monoisotopic (exact) mass is 380 g/mol. The molecule has 7 heteroatoms. The third-order valence-corrected chi connectivity index (χ3v) is 3.67. The van der Waals surface area contributed by atoms with Gasteiger partial charge in [0.1, 0.15) is 11.5 Å². The molecule has 0 saturated carbocycles. The van der Waals surface area contributed by atoms with E-state index in [0.717, 1.165) is 24.8 Å². The first-order chi connectivity index (χ1) is 13.1. The maximum Gasteiger partial charge on any atom is 0.330 e. The van der Waals surface area contributed by atoms with E-state index in [0.29, 0.717) is 37.6 Å². The van der Waals surface area contributed by atoms with Gasteiger partial charge in [-0.1, -0.05) is 0 Å². The van der Waals surface area contributed by atoms with Crippen LogP contribution >= 0.6 is 0 Å². The number of ether oxygens (including phenoxy) is 4. The number of rotatable bonds is 13. The minimum atomic E-state index is -0.452. The van der Waals surface area contributed by atoms with Crippen molar-refractivity contribution in [3.63, 3.8) is 0 Å². The summed E-state index contributed by atoms with van der Waals surface area (Å²) in [6.45, 7) is 1.04. The van der Waals surface area contributed by atoms with E-state index in [-0.39, 0.29) is 12.6 Å². The van der Waals surface area contributed by atoms with Crippen LogP contribution in [0.5, 0.6) is 11.5 Å². The van der Waals surface area contributed by atoms with E-state index in [9.17, 15) is 9.59 Å². The number of hydrogen-bond acceptors (Lipinski definition) is 7. The van der Waals surface area contributed by atoms with Crippen molar-refractivity contribution in [3.8, 4) is 11.5 Å². The van der Waals surface area contributed by atoms with E-state index >= 15 is 0 Å². The maximum absolute atomic E-state index is 11.3. The van der Waals surface area contributed by atoms with Crippen LogP contribution in [-0.4, -0.2) is 51.1 Å². The molecule has 0 amide bonds. The van der Waals surface area contributed by atoms with Gasteiger partial charge in [0.15, 0.2) is 0 Å². The Labute approximate surface area is 159 Å². The second-order valence-electron chi connectivity index (χ2n) is 5.72. The molecule has 0 aromatic heterocycles. The third kappa shape index (κ3) is 9.65. The molecule has 0 bridgehead atoms. The number of unbranched alkanes of at least 4 members (excludes halogenated alkanes) is 2. The summed E-state index contributed by atoms with van der Waals surface area (Å²) in [7, 11) is 2.67. The molecule has 0 atom stereocenters. The van der Waals surface area contributed by atoms with Crippen molar-refractivity contribution < 1.29 is 33.6 Å². The van der Waals surface area contributed by atoms with Crippen LogP contribution in [0.3, 0.4) is 0 Å². The molecule has 0 heterocycles. The van der Waals surface area contributed by atoms with Gasteiger partial charge in [0, 0.05) is 30.7 Å². The Hall–Kier alpha value is -2.54. The molecule has 0 aliphatic carbocycles. The van der Waals surface area contributed by atoms with Gasteiger partial charge in [-0.2, -0.15) is 0 Å². The van der Waals surface area contributed by atoms with Crippen molar-refractivity contribution in [1.82, 2.24) is 0 Å². The van der Waals surface area contributed by atoms with Gasteiger partial charge in [0.25, 0.3) is 0 Å². The SMILES string of the molecule is COC(=O)C=Cc1ccc(OCCCC(=O)OC)cc1OCCCCCO. The zero-order valence-electron chi connectivity index (χ0n) is 15.9. The molecule has 0 fully saturated rings. The lowest BCUT2D eigenvalue weighted by Crippen LogP contribution is -2.05. The molecule has 0 saturated heterocycles. The second kappa shape index (κ2) is 13.6. The molecule has 0 radical (unpaired) electrons. The Morgan fingerprint density at radius 1 is 1.00 bits per heavy atom. The first-order valence-electron chi connectivity index (χ1n) is 8.94. The highest BCUT2D eigenvalue weighted by atomic mass is 16.5. The molecule has 0 aliphatic rings. The summed E-state index contributed by atoms with van der Waals surface area (Å²) in [5, 5.41) is 8.82. The quantitative estimate of drug-likeness (QED) is 0.320. The van der Waals surface area contributed by atoms with E-state index in [2.05, 4.69) is 9.47 Å². The van der Waals surface area contributed by atoms with Gasteiger partial charge in [-0.05, 0) is 43.9 Å². The number of aliphatic hydroxyl groups is 1. The van der Waals surface area contributed by atoms with Crippen LogP contribution in [-0.2, 0) is 19.1 Å². The van der Waals surface area contributed by atoms with Gasteiger partial charge in [-0.3, -0.25) is 4.79 Å². The van der Waals surface area contributed by atoms with Gasteiger partial charge in [-0.25, -0.2) is 4.79 Å². The Morgan fingerprint density at radius 3 is 2.48 bits per heavy atom. The number of benzene rings is 1. The number of carbonyl (C=O) groups excluding carboxylic acids is 2. The molecule has 7 nitrogen and oxygen atoms in total. The predicted molar refractivity (Wildman–Crippen MR) is 101 cm³/mol. The normalized spacial score (nSPS) is 10.6. The number of carbonyl (C=O) groups is 2. The van der Waals surface area contributed by atoms with Crippen molar-refractivity contribution in [2.24, 2.45) is 0 Å². The zero-order valence-corrected chi connectivity index (χ0v) is 15.9. The molecular formula is C20H28O7. The molecule has 0 aliphatic heterocycles. The average molecular weight is 380 g/mol. The fourth-order valence-electron chi connectivity index (χ4n) is 2.17. The highest BCUT2D eigenvalue weighted by Gasteiger charge is 2.06. The number of aliphatic hydroxyl groups excluding tert-OH is 1. The topological polar surface area (TPSA) is 91.3 Å². The van der Waals surface area contributed by atoms with Crippen molar-refractivity contribution >= 4 is 18.0 Å². The summed E-state index contributed by atoms with van der Waals surface area (Å²) >= 11 is 0. The fraction of sp³-hybridized carbons (Fsp3) is 0.500. The highest BCUT2D eigenvalue weighted by molar-refractivity contribution is 5.87. The Morgan fingerprint density at radius 2 is 1.78 bits per heavy atom. The predicted octanol–water partition coefficient (Wildman–Crippen LogP) is 2.75. The summed E-state index contributed by atoms with van der Waals surface area (Å²) in [6, 6.07) is 5.31. The standard InChI is InChI=1S/C20H28O7/c1-24-19(22)7-6-14-26-17-10-8-16(9-11-20(23)25-2)18(15-17)27-13-5-3-4-12-21/h8-11,15,21H,3-7,12-14H2,1-2H3. The summed E-state index contributed by atoms with van der Waals surface area (Å²) in [5.74, 6) is 0.478. The highest BCUT2D eigenvalue weighted by Crippen LogP contribution is 2.27. The Bertz CT molecular complexity index is 610. The van der Waals surface area contributed by atoms with Crippen molar-refractivity contribution in [1.29, 1.82) is 0 Å². The van der Waals surface area contributed by atoms with Crippen molar-refractivity contribution in [2.45, 2.75) is 32.1 Å². The minimum absolute atomic E-state index is 0.169. The number of methoxy groups -OCH3 is 2. The van der Waals surface area contributed by atoms with Crippen LogP contribution in [0.15, 0.2) is 24.3 Å². The summed E-state index contributed by atoms with van der Waals surface area (Å²) in [5.41, 5.74) is 0.726. The molecule has 1 aromatic carbocycles. The lowest BCUT2D eigenvalue weighted by molar-refractivity contribution is -0.140. The summed E-state index contributed by atoms with van der Waals surface area (Å²) in [6.07, 6.45) is 6.21. The van der Waals surface area contributed by atoms with Crippen LogP contribution in [0.25, 0.3) is 6.08 Å². The van der Waals surface area contributed by atoms with Crippen molar-refractivity contribution in [2.75, 3.05) is 34.0 Å². The fourth-order valence-corrected chi connectivity index (χ4v) is 2.17. The van der Waals surface area contributed by atoms with Crippen LogP contribution in [0.2, 0.25) is 0 Å². The van der Waals surface area contributed by atoms with Gasteiger partial charge in [0.05, 0.1) is 27.4 Å². The van der Waals surface area contributed by atoms with Crippen LogP contribution in [0, 0.1) is 0 Å². The molecule has 0 unspecified atom stereocenters. The molecule has 150 valence electrons. The Balaban J connectivity index is 2.70. The molecule has 1 rings (SSSR count). The number of hydrogen-bond donors (Lipinski definition) is 1. The molecule has 1 N–H and O–H groups in total. The van der Waals surface area contributed by atoms with E-state index in [1.54, 1.807) is 24.3 Å². The van der Waals surface area contributed by atoms with Crippen LogP contribution in [0.1, 0.15) is 37.7 Å². The molecule has 1 aromatic rings. The summed E-state index contributed by atoms with van der Waals surface area (Å²) < 4.78 is 20.7. The van der Waals surface area contributed by atoms with E-state index in [1.165, 1.54) is 20.3 Å². The summed E-state index contributed by atoms with van der Waals surface area (Å²) in [4.78, 5) is 22.4.